The second kappa shape index (κ2) is 7.04. The van der Waals surface area contributed by atoms with Crippen LogP contribution in [0.3, 0.4) is 0 Å². The minimum atomic E-state index is -0.295. The Morgan fingerprint density at radius 2 is 2.30 bits per heavy atom. The highest BCUT2D eigenvalue weighted by atomic mass is 19.1. The largest absolute Gasteiger partial charge is 0.494 e. The van der Waals surface area contributed by atoms with Gasteiger partial charge in [0, 0.05) is 12.6 Å². The van der Waals surface area contributed by atoms with E-state index in [-0.39, 0.29) is 11.9 Å². The van der Waals surface area contributed by atoms with Crippen molar-refractivity contribution in [3.63, 3.8) is 0 Å². The van der Waals surface area contributed by atoms with E-state index < -0.39 is 0 Å². The number of hydrogen-bond donors (Lipinski definition) is 1. The zero-order chi connectivity index (χ0) is 14.5. The van der Waals surface area contributed by atoms with Gasteiger partial charge >= 0.3 is 0 Å². The van der Waals surface area contributed by atoms with Gasteiger partial charge in [0.1, 0.15) is 0 Å². The molecule has 0 aliphatic carbocycles. The van der Waals surface area contributed by atoms with Gasteiger partial charge in [0.2, 0.25) is 0 Å². The van der Waals surface area contributed by atoms with Gasteiger partial charge in [-0.3, -0.25) is 0 Å². The molecular formula is C16H25FN2O. The molecule has 1 aromatic carbocycles. The maximum absolute atomic E-state index is 13.7. The van der Waals surface area contributed by atoms with E-state index in [4.69, 9.17) is 4.74 Å². The van der Waals surface area contributed by atoms with E-state index in [1.54, 1.807) is 12.1 Å². The van der Waals surface area contributed by atoms with Crippen LogP contribution in [0.1, 0.15) is 31.4 Å². The normalized spacial score (nSPS) is 21.7. The van der Waals surface area contributed by atoms with Gasteiger partial charge in [0.25, 0.3) is 0 Å². The molecule has 0 amide bonds. The van der Waals surface area contributed by atoms with Crippen molar-refractivity contribution in [3.05, 3.63) is 29.6 Å². The summed E-state index contributed by atoms with van der Waals surface area (Å²) < 4.78 is 18.6. The quantitative estimate of drug-likeness (QED) is 0.897. The molecule has 1 aliphatic rings. The second-order valence-corrected chi connectivity index (χ2v) is 5.79. The summed E-state index contributed by atoms with van der Waals surface area (Å²) in [6, 6.07) is 5.33. The maximum atomic E-state index is 13.7. The molecule has 3 nitrogen and oxygen atoms in total. The third-order valence-electron chi connectivity index (χ3n) is 4.11. The Morgan fingerprint density at radius 3 is 2.95 bits per heavy atom. The van der Waals surface area contributed by atoms with Crippen LogP contribution in [0.4, 0.5) is 4.39 Å². The van der Waals surface area contributed by atoms with Crippen LogP contribution in [0.5, 0.6) is 5.75 Å². The van der Waals surface area contributed by atoms with Crippen molar-refractivity contribution in [3.8, 4) is 5.75 Å². The fourth-order valence-corrected chi connectivity index (χ4v) is 2.85. The monoisotopic (exact) mass is 280 g/mol. The predicted octanol–water partition coefficient (Wildman–Crippen LogP) is 2.83. The van der Waals surface area contributed by atoms with Crippen LogP contribution in [-0.2, 0) is 0 Å². The third kappa shape index (κ3) is 3.93. The Hall–Kier alpha value is -1.13. The molecule has 1 heterocycles. The lowest BCUT2D eigenvalue weighted by molar-refractivity contribution is 0.203. The molecule has 1 N–H and O–H groups in total. The molecular weight excluding hydrogens is 255 g/mol. The molecule has 0 spiro atoms. The molecule has 0 bridgehead atoms. The molecule has 1 fully saturated rings. The van der Waals surface area contributed by atoms with Crippen LogP contribution >= 0.6 is 0 Å². The van der Waals surface area contributed by atoms with Crippen LogP contribution < -0.4 is 10.1 Å². The molecule has 2 atom stereocenters. The minimum absolute atomic E-state index is 0.155. The van der Waals surface area contributed by atoms with Gasteiger partial charge in [0.15, 0.2) is 11.6 Å². The van der Waals surface area contributed by atoms with E-state index in [9.17, 15) is 4.39 Å². The van der Waals surface area contributed by atoms with Gasteiger partial charge in [-0.1, -0.05) is 6.07 Å². The third-order valence-corrected chi connectivity index (χ3v) is 4.11. The zero-order valence-corrected chi connectivity index (χ0v) is 12.7. The van der Waals surface area contributed by atoms with Gasteiger partial charge in [0.05, 0.1) is 7.11 Å². The van der Waals surface area contributed by atoms with Crippen molar-refractivity contribution in [1.29, 1.82) is 0 Å². The topological polar surface area (TPSA) is 24.5 Å². The summed E-state index contributed by atoms with van der Waals surface area (Å²) in [4.78, 5) is 2.38. The highest BCUT2D eigenvalue weighted by Crippen LogP contribution is 2.22. The van der Waals surface area contributed by atoms with Crippen molar-refractivity contribution < 1.29 is 9.13 Å². The van der Waals surface area contributed by atoms with E-state index in [2.05, 4.69) is 24.2 Å². The van der Waals surface area contributed by atoms with Gasteiger partial charge in [-0.05, 0) is 63.5 Å². The Morgan fingerprint density at radius 1 is 1.50 bits per heavy atom. The van der Waals surface area contributed by atoms with E-state index >= 15 is 0 Å². The van der Waals surface area contributed by atoms with Crippen LogP contribution in [0, 0.1) is 11.7 Å². The standard InChI is InChI=1S/C16H25FN2O/c1-12(14-6-7-16(20-3)15(17)9-14)18-10-13-5-4-8-19(2)11-13/h6-7,9,12-13,18H,4-5,8,10-11H2,1-3H3. The number of ether oxygens (including phenoxy) is 1. The van der Waals surface area contributed by atoms with Crippen LogP contribution in [0.15, 0.2) is 18.2 Å². The number of hydrogen-bond acceptors (Lipinski definition) is 3. The number of nitrogens with one attached hydrogen (secondary N) is 1. The lowest BCUT2D eigenvalue weighted by atomic mass is 9.97. The van der Waals surface area contributed by atoms with E-state index in [1.165, 1.54) is 26.5 Å². The first-order valence-corrected chi connectivity index (χ1v) is 7.35. The summed E-state index contributed by atoms with van der Waals surface area (Å²) in [6.07, 6.45) is 2.55. The number of likely N-dealkylation sites (tertiary alicyclic amines) is 1. The molecule has 2 unspecified atom stereocenters. The number of rotatable bonds is 5. The Bertz CT molecular complexity index is 438. The molecule has 4 heteroatoms. The van der Waals surface area contributed by atoms with Crippen molar-refractivity contribution >= 4 is 0 Å². The van der Waals surface area contributed by atoms with Crippen LogP contribution in [0.2, 0.25) is 0 Å². The van der Waals surface area contributed by atoms with Gasteiger partial charge in [-0.2, -0.15) is 0 Å². The SMILES string of the molecule is COc1ccc(C(C)NCC2CCCN(C)C2)cc1F. The lowest BCUT2D eigenvalue weighted by Crippen LogP contribution is -2.37. The predicted molar refractivity (Wildman–Crippen MR) is 79.6 cm³/mol. The second-order valence-electron chi connectivity index (χ2n) is 5.79. The maximum Gasteiger partial charge on any atom is 0.165 e. The molecule has 0 aromatic heterocycles. The van der Waals surface area contributed by atoms with Gasteiger partial charge in [-0.15, -0.1) is 0 Å². The fourth-order valence-electron chi connectivity index (χ4n) is 2.85. The molecule has 0 saturated carbocycles. The minimum Gasteiger partial charge on any atom is -0.494 e. The number of piperidine rings is 1. The summed E-state index contributed by atoms with van der Waals surface area (Å²) in [5.74, 6) is 0.699. The van der Waals surface area contributed by atoms with Crippen molar-refractivity contribution in [2.24, 2.45) is 5.92 Å². The van der Waals surface area contributed by atoms with E-state index in [0.29, 0.717) is 11.7 Å². The molecule has 1 aromatic rings. The molecule has 112 valence electrons. The van der Waals surface area contributed by atoms with Gasteiger partial charge in [-0.25, -0.2) is 4.39 Å². The smallest absolute Gasteiger partial charge is 0.165 e. The average molecular weight is 280 g/mol. The van der Waals surface area contributed by atoms with Crippen molar-refractivity contribution in [2.75, 3.05) is 33.8 Å². The van der Waals surface area contributed by atoms with Crippen molar-refractivity contribution in [2.45, 2.75) is 25.8 Å². The van der Waals surface area contributed by atoms with E-state index in [0.717, 1.165) is 18.7 Å². The molecule has 1 aliphatic heterocycles. The summed E-state index contributed by atoms with van der Waals surface area (Å²) in [5.41, 5.74) is 0.965. The first kappa shape index (κ1) is 15.3. The number of methoxy groups -OCH3 is 1. The summed E-state index contributed by atoms with van der Waals surface area (Å²) >= 11 is 0. The highest BCUT2D eigenvalue weighted by Gasteiger charge is 2.18. The first-order valence-electron chi connectivity index (χ1n) is 7.35. The fraction of sp³-hybridized carbons (Fsp3) is 0.625. The highest BCUT2D eigenvalue weighted by molar-refractivity contribution is 5.30. The van der Waals surface area contributed by atoms with Gasteiger partial charge < -0.3 is 15.0 Å². The summed E-state index contributed by atoms with van der Waals surface area (Å²) in [5, 5.41) is 3.52. The Balaban J connectivity index is 1.88. The van der Waals surface area contributed by atoms with Crippen molar-refractivity contribution in [1.82, 2.24) is 10.2 Å². The van der Waals surface area contributed by atoms with E-state index in [1.807, 2.05) is 6.07 Å². The lowest BCUT2D eigenvalue weighted by Gasteiger charge is -2.30. The summed E-state index contributed by atoms with van der Waals surface area (Å²) in [6.45, 7) is 5.42. The van der Waals surface area contributed by atoms with Crippen LogP contribution in [-0.4, -0.2) is 38.7 Å². The molecule has 1 saturated heterocycles. The molecule has 0 radical (unpaired) electrons. The first-order chi connectivity index (χ1) is 9.60. The number of nitrogens with zero attached hydrogens (tertiary/aromatic N) is 1. The Labute approximate surface area is 121 Å². The number of benzene rings is 1. The molecule has 2 rings (SSSR count). The average Bonchev–Trinajstić information content (AvgIpc) is 2.44. The number of halogens is 1. The van der Waals surface area contributed by atoms with Crippen LogP contribution in [0.25, 0.3) is 0 Å². The Kier molecular flexibility index (Phi) is 5.38. The zero-order valence-electron chi connectivity index (χ0n) is 12.7. The summed E-state index contributed by atoms with van der Waals surface area (Å²) in [7, 11) is 3.66. The molecule has 20 heavy (non-hydrogen) atoms.